The van der Waals surface area contributed by atoms with Gasteiger partial charge >= 0.3 is 6.18 Å². The van der Waals surface area contributed by atoms with E-state index in [0.29, 0.717) is 10.1 Å². The molecule has 0 aliphatic rings. The van der Waals surface area contributed by atoms with Crippen LogP contribution in [0.15, 0.2) is 22.8 Å². The van der Waals surface area contributed by atoms with Crippen LogP contribution in [0.4, 0.5) is 13.2 Å². The van der Waals surface area contributed by atoms with Crippen molar-refractivity contribution in [3.63, 3.8) is 0 Å². The number of rotatable bonds is 1. The number of aromatic nitrogens is 2. The molecule has 18 heavy (non-hydrogen) atoms. The standard InChI is InChI=1S/C12H8BrF3N2/c1-2-4-9-8(7-12(14,15)16)10-5-3-6-11(13)18(10)17-9/h3,5-6H,7H2,1H3. The minimum absolute atomic E-state index is 0.109. The zero-order valence-electron chi connectivity index (χ0n) is 9.35. The highest BCUT2D eigenvalue weighted by atomic mass is 79.9. The average Bonchev–Trinajstić information content (AvgIpc) is 2.58. The Labute approximate surface area is 110 Å². The largest absolute Gasteiger partial charge is 0.393 e. The molecule has 2 nitrogen and oxygen atoms in total. The first-order valence-corrected chi connectivity index (χ1v) is 5.87. The van der Waals surface area contributed by atoms with Crippen LogP contribution in [0.25, 0.3) is 5.52 Å². The van der Waals surface area contributed by atoms with Crippen molar-refractivity contribution in [1.29, 1.82) is 0 Å². The summed E-state index contributed by atoms with van der Waals surface area (Å²) in [5.41, 5.74) is 0.694. The van der Waals surface area contributed by atoms with Crippen molar-refractivity contribution in [2.45, 2.75) is 19.5 Å². The summed E-state index contributed by atoms with van der Waals surface area (Å²) in [5, 5.41) is 4.08. The highest BCUT2D eigenvalue weighted by Gasteiger charge is 2.31. The number of hydrogen-bond acceptors (Lipinski definition) is 1. The predicted molar refractivity (Wildman–Crippen MR) is 65.2 cm³/mol. The molecule has 0 saturated carbocycles. The Bertz CT molecular complexity index is 647. The smallest absolute Gasteiger partial charge is 0.225 e. The van der Waals surface area contributed by atoms with E-state index in [-0.39, 0.29) is 11.3 Å². The van der Waals surface area contributed by atoms with Crippen LogP contribution in [0.2, 0.25) is 0 Å². The van der Waals surface area contributed by atoms with Crippen molar-refractivity contribution in [3.05, 3.63) is 34.1 Å². The van der Waals surface area contributed by atoms with Gasteiger partial charge in [0.2, 0.25) is 0 Å². The maximum atomic E-state index is 12.6. The molecule has 2 aromatic heterocycles. The van der Waals surface area contributed by atoms with Crippen molar-refractivity contribution < 1.29 is 13.2 Å². The monoisotopic (exact) mass is 316 g/mol. The number of pyridine rings is 1. The lowest BCUT2D eigenvalue weighted by Gasteiger charge is -2.05. The average molecular weight is 317 g/mol. The second kappa shape index (κ2) is 4.65. The minimum Gasteiger partial charge on any atom is -0.225 e. The van der Waals surface area contributed by atoms with Gasteiger partial charge in [0.25, 0.3) is 0 Å². The van der Waals surface area contributed by atoms with Crippen molar-refractivity contribution in [2.75, 3.05) is 0 Å². The maximum Gasteiger partial charge on any atom is 0.393 e. The van der Waals surface area contributed by atoms with Gasteiger partial charge in [-0.15, -0.1) is 0 Å². The SMILES string of the molecule is CC#Cc1nn2c(Br)cccc2c1CC(F)(F)F. The number of hydrogen-bond donors (Lipinski definition) is 0. The van der Waals surface area contributed by atoms with Gasteiger partial charge in [-0.1, -0.05) is 12.0 Å². The Morgan fingerprint density at radius 3 is 2.72 bits per heavy atom. The van der Waals surface area contributed by atoms with Gasteiger partial charge in [-0.2, -0.15) is 18.3 Å². The highest BCUT2D eigenvalue weighted by Crippen LogP contribution is 2.27. The number of nitrogens with zero attached hydrogens (tertiary/aromatic N) is 2. The molecule has 0 fully saturated rings. The molecule has 0 N–H and O–H groups in total. The number of alkyl halides is 3. The van der Waals surface area contributed by atoms with Crippen LogP contribution >= 0.6 is 15.9 Å². The summed E-state index contributed by atoms with van der Waals surface area (Å²) in [6.07, 6.45) is -5.31. The van der Waals surface area contributed by atoms with Gasteiger partial charge in [0, 0.05) is 5.56 Å². The van der Waals surface area contributed by atoms with E-state index in [1.165, 1.54) is 4.52 Å². The van der Waals surface area contributed by atoms with Crippen LogP contribution < -0.4 is 0 Å². The maximum absolute atomic E-state index is 12.6. The van der Waals surface area contributed by atoms with E-state index in [1.807, 2.05) is 0 Å². The van der Waals surface area contributed by atoms with Gasteiger partial charge in [0.1, 0.15) is 10.3 Å². The van der Waals surface area contributed by atoms with E-state index in [4.69, 9.17) is 0 Å². The summed E-state index contributed by atoms with van der Waals surface area (Å²) in [6.45, 7) is 1.57. The molecule has 94 valence electrons. The van der Waals surface area contributed by atoms with Gasteiger partial charge in [0.05, 0.1) is 11.9 Å². The summed E-state index contributed by atoms with van der Waals surface area (Å²) < 4.78 is 39.7. The van der Waals surface area contributed by atoms with Crippen molar-refractivity contribution in [2.24, 2.45) is 0 Å². The van der Waals surface area contributed by atoms with E-state index in [2.05, 4.69) is 32.9 Å². The van der Waals surface area contributed by atoms with Crippen LogP contribution in [-0.2, 0) is 6.42 Å². The van der Waals surface area contributed by atoms with Gasteiger partial charge in [0.15, 0.2) is 0 Å². The molecule has 0 saturated heterocycles. The first-order chi connectivity index (χ1) is 8.42. The molecule has 6 heteroatoms. The van der Waals surface area contributed by atoms with Crippen LogP contribution in [0, 0.1) is 11.8 Å². The molecule has 0 unspecified atom stereocenters. The van der Waals surface area contributed by atoms with Crippen molar-refractivity contribution >= 4 is 21.4 Å². The Balaban J connectivity index is 2.69. The Morgan fingerprint density at radius 1 is 1.39 bits per heavy atom. The summed E-state index contributed by atoms with van der Waals surface area (Å²) >= 11 is 3.25. The second-order valence-corrected chi connectivity index (χ2v) is 4.45. The lowest BCUT2D eigenvalue weighted by Crippen LogP contribution is -2.12. The Hall–Kier alpha value is -1.48. The van der Waals surface area contributed by atoms with E-state index < -0.39 is 12.6 Å². The molecule has 2 rings (SSSR count). The highest BCUT2D eigenvalue weighted by molar-refractivity contribution is 9.10. The fourth-order valence-electron chi connectivity index (χ4n) is 1.68. The minimum atomic E-state index is -4.28. The third kappa shape index (κ3) is 2.51. The van der Waals surface area contributed by atoms with Crippen molar-refractivity contribution in [3.8, 4) is 11.8 Å². The zero-order chi connectivity index (χ0) is 13.3. The third-order valence-corrected chi connectivity index (χ3v) is 2.93. The molecule has 0 aliphatic heterocycles. The van der Waals surface area contributed by atoms with Crippen LogP contribution in [0.1, 0.15) is 18.2 Å². The second-order valence-electron chi connectivity index (χ2n) is 3.64. The van der Waals surface area contributed by atoms with E-state index >= 15 is 0 Å². The molecule has 0 aromatic carbocycles. The van der Waals surface area contributed by atoms with E-state index in [0.717, 1.165) is 0 Å². The van der Waals surface area contributed by atoms with Crippen LogP contribution in [0.3, 0.4) is 0 Å². The van der Waals surface area contributed by atoms with Crippen LogP contribution in [0.5, 0.6) is 0 Å². The quantitative estimate of drug-likeness (QED) is 0.580. The fourth-order valence-corrected chi connectivity index (χ4v) is 2.10. The molecule has 2 heterocycles. The zero-order valence-corrected chi connectivity index (χ0v) is 10.9. The molecule has 0 radical (unpaired) electrons. The molecule has 0 atom stereocenters. The predicted octanol–water partition coefficient (Wildman–Crippen LogP) is 3.57. The third-order valence-electron chi connectivity index (χ3n) is 2.33. The fraction of sp³-hybridized carbons (Fsp3) is 0.250. The van der Waals surface area contributed by atoms with Gasteiger partial charge in [-0.3, -0.25) is 0 Å². The molecule has 0 amide bonds. The Morgan fingerprint density at radius 2 is 2.11 bits per heavy atom. The van der Waals surface area contributed by atoms with E-state index in [1.54, 1.807) is 25.1 Å². The van der Waals surface area contributed by atoms with Gasteiger partial charge in [-0.05, 0) is 40.9 Å². The van der Waals surface area contributed by atoms with Crippen molar-refractivity contribution in [1.82, 2.24) is 9.61 Å². The first-order valence-electron chi connectivity index (χ1n) is 5.08. The molecule has 0 aliphatic carbocycles. The van der Waals surface area contributed by atoms with E-state index in [9.17, 15) is 13.2 Å². The normalized spacial score (nSPS) is 11.4. The van der Waals surface area contributed by atoms with Crippen LogP contribution in [-0.4, -0.2) is 15.8 Å². The summed E-state index contributed by atoms with van der Waals surface area (Å²) in [7, 11) is 0. The lowest BCUT2D eigenvalue weighted by atomic mass is 10.1. The number of halogens is 4. The molecule has 0 bridgehead atoms. The summed E-state index contributed by atoms with van der Waals surface area (Å²) in [4.78, 5) is 0. The first kappa shape index (κ1) is 13.0. The lowest BCUT2D eigenvalue weighted by molar-refractivity contribution is -0.127. The summed E-state index contributed by atoms with van der Waals surface area (Å²) in [5.74, 6) is 5.19. The molecule has 2 aromatic rings. The topological polar surface area (TPSA) is 17.3 Å². The number of fused-ring (bicyclic) bond motifs is 1. The molecular weight excluding hydrogens is 309 g/mol. The molecular formula is C12H8BrF3N2. The Kier molecular flexibility index (Phi) is 3.35. The van der Waals surface area contributed by atoms with Gasteiger partial charge < -0.3 is 0 Å². The van der Waals surface area contributed by atoms with Gasteiger partial charge in [-0.25, -0.2) is 4.52 Å². The molecule has 0 spiro atoms. The summed E-state index contributed by atoms with van der Waals surface area (Å²) in [6, 6.07) is 4.98.